The van der Waals surface area contributed by atoms with Crippen molar-refractivity contribution < 1.29 is 14.4 Å². The number of carbonyl (C=O) groups is 3. The summed E-state index contributed by atoms with van der Waals surface area (Å²) in [5.41, 5.74) is 2.97. The Labute approximate surface area is 147 Å². The van der Waals surface area contributed by atoms with E-state index in [0.29, 0.717) is 29.9 Å². The molecule has 0 fully saturated rings. The van der Waals surface area contributed by atoms with Crippen LogP contribution in [0.25, 0.3) is 0 Å². The molecule has 0 spiro atoms. The standard InChI is InChI=1S/C20H22N2O3/c1-14-4-6-18(7-5-14)20(25)21-12-13-22(16(3)24)19-10-8-17(9-11-19)15(2)23/h4-11H,12-13H2,1-3H3,(H,21,25). The summed E-state index contributed by atoms with van der Waals surface area (Å²) in [5.74, 6) is -0.318. The van der Waals surface area contributed by atoms with Crippen molar-refractivity contribution in [2.45, 2.75) is 20.8 Å². The number of benzene rings is 2. The van der Waals surface area contributed by atoms with Gasteiger partial charge in [0.2, 0.25) is 5.91 Å². The van der Waals surface area contributed by atoms with Gasteiger partial charge in [-0.25, -0.2) is 0 Å². The van der Waals surface area contributed by atoms with E-state index < -0.39 is 0 Å². The highest BCUT2D eigenvalue weighted by Gasteiger charge is 2.13. The van der Waals surface area contributed by atoms with Crippen molar-refractivity contribution in [3.05, 3.63) is 65.2 Å². The van der Waals surface area contributed by atoms with Gasteiger partial charge in [-0.15, -0.1) is 0 Å². The van der Waals surface area contributed by atoms with Gasteiger partial charge >= 0.3 is 0 Å². The number of Topliss-reactive ketones (excluding diaryl/α,β-unsaturated/α-hetero) is 1. The number of hydrogen-bond donors (Lipinski definition) is 1. The van der Waals surface area contributed by atoms with E-state index in [-0.39, 0.29) is 17.6 Å². The lowest BCUT2D eigenvalue weighted by Crippen LogP contribution is -2.37. The van der Waals surface area contributed by atoms with Crippen LogP contribution in [0.2, 0.25) is 0 Å². The summed E-state index contributed by atoms with van der Waals surface area (Å²) in [6.45, 7) is 5.62. The highest BCUT2D eigenvalue weighted by Crippen LogP contribution is 2.15. The molecular weight excluding hydrogens is 316 g/mol. The van der Waals surface area contributed by atoms with Crippen molar-refractivity contribution in [3.8, 4) is 0 Å². The van der Waals surface area contributed by atoms with E-state index in [0.717, 1.165) is 5.56 Å². The molecule has 130 valence electrons. The molecule has 2 aromatic carbocycles. The minimum Gasteiger partial charge on any atom is -0.350 e. The molecule has 0 radical (unpaired) electrons. The van der Waals surface area contributed by atoms with Gasteiger partial charge in [0, 0.05) is 36.8 Å². The summed E-state index contributed by atoms with van der Waals surface area (Å²) in [5, 5.41) is 2.82. The highest BCUT2D eigenvalue weighted by molar-refractivity contribution is 5.96. The largest absolute Gasteiger partial charge is 0.350 e. The fourth-order valence-corrected chi connectivity index (χ4v) is 2.43. The van der Waals surface area contributed by atoms with Crippen molar-refractivity contribution in [1.29, 1.82) is 0 Å². The Balaban J connectivity index is 1.97. The van der Waals surface area contributed by atoms with Gasteiger partial charge < -0.3 is 10.2 Å². The van der Waals surface area contributed by atoms with Crippen molar-refractivity contribution in [1.82, 2.24) is 5.32 Å². The second kappa shape index (κ2) is 8.24. The molecule has 0 bridgehead atoms. The van der Waals surface area contributed by atoms with E-state index in [1.54, 1.807) is 41.3 Å². The first-order valence-electron chi connectivity index (χ1n) is 8.12. The summed E-state index contributed by atoms with van der Waals surface area (Å²) in [4.78, 5) is 36.9. The Kier molecular flexibility index (Phi) is 6.06. The maximum absolute atomic E-state index is 12.1. The van der Waals surface area contributed by atoms with Crippen molar-refractivity contribution in [3.63, 3.8) is 0 Å². The van der Waals surface area contributed by atoms with Crippen LogP contribution >= 0.6 is 0 Å². The fraction of sp³-hybridized carbons (Fsp3) is 0.250. The van der Waals surface area contributed by atoms with Crippen LogP contribution < -0.4 is 10.2 Å². The molecule has 0 unspecified atom stereocenters. The molecule has 1 N–H and O–H groups in total. The molecule has 25 heavy (non-hydrogen) atoms. The van der Waals surface area contributed by atoms with Crippen molar-refractivity contribution in [2.75, 3.05) is 18.0 Å². The average molecular weight is 338 g/mol. The Bertz CT molecular complexity index is 765. The molecule has 0 aromatic heterocycles. The molecule has 0 aliphatic carbocycles. The third-order valence-electron chi connectivity index (χ3n) is 3.90. The van der Waals surface area contributed by atoms with Gasteiger partial charge in [0.1, 0.15) is 0 Å². The van der Waals surface area contributed by atoms with Crippen LogP contribution in [0.15, 0.2) is 48.5 Å². The molecule has 5 heteroatoms. The van der Waals surface area contributed by atoms with E-state index in [9.17, 15) is 14.4 Å². The molecule has 0 atom stereocenters. The molecule has 2 aromatic rings. The molecule has 2 amide bonds. The lowest BCUT2D eigenvalue weighted by Gasteiger charge is -2.21. The minimum atomic E-state index is -0.171. The molecule has 2 rings (SSSR count). The molecule has 0 saturated heterocycles. The van der Waals surface area contributed by atoms with Crippen LogP contribution in [-0.2, 0) is 4.79 Å². The third kappa shape index (κ3) is 5.01. The lowest BCUT2D eigenvalue weighted by atomic mass is 10.1. The van der Waals surface area contributed by atoms with Gasteiger partial charge in [-0.3, -0.25) is 14.4 Å². The number of nitrogens with one attached hydrogen (secondary N) is 1. The van der Waals surface area contributed by atoms with Gasteiger partial charge in [-0.05, 0) is 50.2 Å². The fourth-order valence-electron chi connectivity index (χ4n) is 2.43. The quantitative estimate of drug-likeness (QED) is 0.824. The smallest absolute Gasteiger partial charge is 0.251 e. The van der Waals surface area contributed by atoms with Crippen LogP contribution in [0, 0.1) is 6.92 Å². The van der Waals surface area contributed by atoms with Crippen LogP contribution in [0.1, 0.15) is 40.1 Å². The van der Waals surface area contributed by atoms with Crippen molar-refractivity contribution in [2.24, 2.45) is 0 Å². The number of amides is 2. The maximum atomic E-state index is 12.1. The summed E-state index contributed by atoms with van der Waals surface area (Å²) >= 11 is 0. The van der Waals surface area contributed by atoms with Crippen LogP contribution in [0.5, 0.6) is 0 Å². The Morgan fingerprint density at radius 3 is 1.96 bits per heavy atom. The van der Waals surface area contributed by atoms with Crippen LogP contribution in [0.3, 0.4) is 0 Å². The van der Waals surface area contributed by atoms with Gasteiger partial charge in [0.25, 0.3) is 5.91 Å². The molecule has 0 saturated carbocycles. The first-order valence-corrected chi connectivity index (χ1v) is 8.12. The summed E-state index contributed by atoms with van der Waals surface area (Å²) in [7, 11) is 0. The van der Waals surface area contributed by atoms with E-state index >= 15 is 0 Å². The van der Waals surface area contributed by atoms with E-state index in [2.05, 4.69) is 5.32 Å². The zero-order chi connectivity index (χ0) is 18.4. The van der Waals surface area contributed by atoms with Crippen LogP contribution in [0.4, 0.5) is 5.69 Å². The first kappa shape index (κ1) is 18.4. The minimum absolute atomic E-state index is 0.0220. The second-order valence-corrected chi connectivity index (χ2v) is 5.90. The molecule has 0 aliphatic heterocycles. The Morgan fingerprint density at radius 1 is 0.880 bits per heavy atom. The molecule has 0 heterocycles. The summed E-state index contributed by atoms with van der Waals surface area (Å²) < 4.78 is 0. The van der Waals surface area contributed by atoms with E-state index in [4.69, 9.17) is 0 Å². The number of anilines is 1. The van der Waals surface area contributed by atoms with E-state index in [1.807, 2.05) is 19.1 Å². The topological polar surface area (TPSA) is 66.5 Å². The number of rotatable bonds is 6. The van der Waals surface area contributed by atoms with Gasteiger partial charge in [-0.1, -0.05) is 17.7 Å². The third-order valence-corrected chi connectivity index (χ3v) is 3.90. The van der Waals surface area contributed by atoms with E-state index in [1.165, 1.54) is 13.8 Å². The zero-order valence-corrected chi connectivity index (χ0v) is 14.7. The monoisotopic (exact) mass is 338 g/mol. The molecule has 0 aliphatic rings. The number of hydrogen-bond acceptors (Lipinski definition) is 3. The number of ketones is 1. The van der Waals surface area contributed by atoms with Gasteiger partial charge in [-0.2, -0.15) is 0 Å². The zero-order valence-electron chi connectivity index (χ0n) is 14.7. The predicted molar refractivity (Wildman–Crippen MR) is 98.0 cm³/mol. The number of nitrogens with zero attached hydrogens (tertiary/aromatic N) is 1. The van der Waals surface area contributed by atoms with Gasteiger partial charge in [0.05, 0.1) is 0 Å². The Hall–Kier alpha value is -2.95. The highest BCUT2D eigenvalue weighted by atomic mass is 16.2. The van der Waals surface area contributed by atoms with Crippen LogP contribution in [-0.4, -0.2) is 30.7 Å². The predicted octanol–water partition coefficient (Wildman–Crippen LogP) is 2.98. The normalized spacial score (nSPS) is 10.2. The number of carbonyl (C=O) groups excluding carboxylic acids is 3. The number of aryl methyl sites for hydroxylation is 1. The average Bonchev–Trinajstić information content (AvgIpc) is 2.59. The lowest BCUT2D eigenvalue weighted by molar-refractivity contribution is -0.116. The SMILES string of the molecule is CC(=O)c1ccc(N(CCNC(=O)c2ccc(C)cc2)C(C)=O)cc1. The maximum Gasteiger partial charge on any atom is 0.251 e. The summed E-state index contributed by atoms with van der Waals surface area (Å²) in [6.07, 6.45) is 0. The first-order chi connectivity index (χ1) is 11.9. The molecule has 5 nitrogen and oxygen atoms in total. The van der Waals surface area contributed by atoms with Gasteiger partial charge in [0.15, 0.2) is 5.78 Å². The molecular formula is C20H22N2O3. The Morgan fingerprint density at radius 2 is 1.44 bits per heavy atom. The van der Waals surface area contributed by atoms with Crippen molar-refractivity contribution >= 4 is 23.3 Å². The second-order valence-electron chi connectivity index (χ2n) is 5.90. The summed E-state index contributed by atoms with van der Waals surface area (Å²) in [6, 6.07) is 14.2.